The largest absolute Gasteiger partial charge is 0.329 e. The second kappa shape index (κ2) is 5.43. The maximum atomic E-state index is 13.3. The van der Waals surface area contributed by atoms with E-state index in [0.717, 1.165) is 18.7 Å². The summed E-state index contributed by atoms with van der Waals surface area (Å²) in [5, 5.41) is 0. The second-order valence-corrected chi connectivity index (χ2v) is 6.34. The van der Waals surface area contributed by atoms with Gasteiger partial charge in [-0.1, -0.05) is 12.1 Å². The first-order valence-electron chi connectivity index (χ1n) is 7.52. The smallest absolute Gasteiger partial charge is 0.123 e. The van der Waals surface area contributed by atoms with Gasteiger partial charge in [0, 0.05) is 25.2 Å². The zero-order valence-corrected chi connectivity index (χ0v) is 12.2. The number of nitrogens with zero attached hydrogens (tertiary/aromatic N) is 2. The summed E-state index contributed by atoms with van der Waals surface area (Å²) in [6.45, 7) is 4.92. The minimum atomic E-state index is -0.161. The number of hydrogen-bond donors (Lipinski definition) is 1. The zero-order valence-electron chi connectivity index (χ0n) is 12.2. The molecule has 4 heteroatoms. The molecule has 2 N–H and O–H groups in total. The van der Waals surface area contributed by atoms with E-state index in [2.05, 4.69) is 16.8 Å². The molecule has 1 aromatic carbocycles. The third-order valence-electron chi connectivity index (χ3n) is 5.27. The van der Waals surface area contributed by atoms with Gasteiger partial charge in [-0.15, -0.1) is 0 Å². The highest BCUT2D eigenvalue weighted by Gasteiger charge is 2.48. The van der Waals surface area contributed by atoms with Crippen LogP contribution in [0.25, 0.3) is 0 Å². The van der Waals surface area contributed by atoms with Gasteiger partial charge >= 0.3 is 0 Å². The number of rotatable bonds is 4. The minimum Gasteiger partial charge on any atom is -0.329 e. The molecule has 0 amide bonds. The summed E-state index contributed by atoms with van der Waals surface area (Å²) in [7, 11) is 2.14. The van der Waals surface area contributed by atoms with E-state index >= 15 is 0 Å². The Balaban J connectivity index is 1.79. The van der Waals surface area contributed by atoms with Crippen LogP contribution in [0, 0.1) is 11.7 Å². The first-order chi connectivity index (χ1) is 9.64. The topological polar surface area (TPSA) is 32.5 Å². The number of likely N-dealkylation sites (N-methyl/N-ethyl adjacent to an activating group) is 1. The highest BCUT2D eigenvalue weighted by Crippen LogP contribution is 2.39. The Morgan fingerprint density at radius 3 is 2.70 bits per heavy atom. The number of hydrogen-bond acceptors (Lipinski definition) is 3. The van der Waals surface area contributed by atoms with E-state index in [4.69, 9.17) is 5.73 Å². The van der Waals surface area contributed by atoms with Crippen molar-refractivity contribution in [2.75, 3.05) is 33.2 Å². The van der Waals surface area contributed by atoms with Crippen LogP contribution in [0.1, 0.15) is 18.4 Å². The maximum Gasteiger partial charge on any atom is 0.123 e. The molecule has 3 saturated heterocycles. The van der Waals surface area contributed by atoms with Crippen LogP contribution in [-0.4, -0.2) is 48.6 Å². The van der Waals surface area contributed by atoms with Crippen LogP contribution in [0.5, 0.6) is 0 Å². The highest BCUT2D eigenvalue weighted by atomic mass is 19.1. The fraction of sp³-hybridized carbons (Fsp3) is 0.625. The number of benzene rings is 1. The average Bonchev–Trinajstić information content (AvgIpc) is 2.48. The molecule has 3 aliphatic heterocycles. The van der Waals surface area contributed by atoms with Gasteiger partial charge in [0.15, 0.2) is 0 Å². The molecule has 3 heterocycles. The third kappa shape index (κ3) is 2.36. The van der Waals surface area contributed by atoms with Gasteiger partial charge in [0.1, 0.15) is 5.82 Å². The van der Waals surface area contributed by atoms with Crippen molar-refractivity contribution in [3.05, 3.63) is 35.6 Å². The van der Waals surface area contributed by atoms with Gasteiger partial charge in [0.25, 0.3) is 0 Å². The zero-order chi connectivity index (χ0) is 14.2. The lowest BCUT2D eigenvalue weighted by Gasteiger charge is -2.57. The molecule has 20 heavy (non-hydrogen) atoms. The van der Waals surface area contributed by atoms with E-state index in [0.29, 0.717) is 12.5 Å². The first kappa shape index (κ1) is 14.0. The number of fused-ring (bicyclic) bond motifs is 3. The molecule has 0 saturated carbocycles. The van der Waals surface area contributed by atoms with Gasteiger partial charge in [0.2, 0.25) is 0 Å². The lowest BCUT2D eigenvalue weighted by molar-refractivity contribution is -0.0596. The minimum absolute atomic E-state index is 0.0584. The van der Waals surface area contributed by atoms with E-state index in [-0.39, 0.29) is 11.4 Å². The van der Waals surface area contributed by atoms with Crippen molar-refractivity contribution < 1.29 is 4.39 Å². The number of piperidine rings is 3. The second-order valence-electron chi connectivity index (χ2n) is 6.34. The van der Waals surface area contributed by atoms with Gasteiger partial charge in [-0.25, -0.2) is 4.39 Å². The highest BCUT2D eigenvalue weighted by molar-refractivity contribution is 5.17. The number of halogens is 1. The van der Waals surface area contributed by atoms with Gasteiger partial charge < -0.3 is 10.6 Å². The van der Waals surface area contributed by atoms with Crippen LogP contribution in [0.3, 0.4) is 0 Å². The first-order valence-corrected chi connectivity index (χ1v) is 7.52. The van der Waals surface area contributed by atoms with Crippen LogP contribution in [0.2, 0.25) is 0 Å². The van der Waals surface area contributed by atoms with E-state index in [1.54, 1.807) is 12.1 Å². The summed E-state index contributed by atoms with van der Waals surface area (Å²) < 4.78 is 13.3. The summed E-state index contributed by atoms with van der Waals surface area (Å²) in [6.07, 6.45) is 2.48. The fourth-order valence-electron chi connectivity index (χ4n) is 4.03. The standard InChI is InChI=1S/C16H24FN3/c1-19(10-13-3-2-4-15(17)9-13)16(11-18)12-20-7-5-14(16)6-8-20/h2-4,9,14H,5-8,10-12,18H2,1H3. The molecule has 0 radical (unpaired) electrons. The molecule has 1 aromatic rings. The SMILES string of the molecule is CN(Cc1cccc(F)c1)C1(CN)CN2CCC1CC2. The molecule has 3 aliphatic rings. The average molecular weight is 277 g/mol. The molecule has 110 valence electrons. The Bertz CT molecular complexity index is 471. The molecule has 2 bridgehead atoms. The molecule has 0 aromatic heterocycles. The molecule has 4 rings (SSSR count). The van der Waals surface area contributed by atoms with Crippen molar-refractivity contribution in [2.45, 2.75) is 24.9 Å². The Kier molecular flexibility index (Phi) is 3.80. The normalized spacial score (nSPS) is 32.8. The van der Waals surface area contributed by atoms with Gasteiger partial charge in [-0.2, -0.15) is 0 Å². The van der Waals surface area contributed by atoms with Crippen LogP contribution in [0.15, 0.2) is 24.3 Å². The van der Waals surface area contributed by atoms with Gasteiger partial charge in [-0.05, 0) is 56.6 Å². The monoisotopic (exact) mass is 277 g/mol. The van der Waals surface area contributed by atoms with Crippen LogP contribution < -0.4 is 5.73 Å². The lowest BCUT2D eigenvalue weighted by Crippen LogP contribution is -2.69. The summed E-state index contributed by atoms with van der Waals surface area (Å²) in [6, 6.07) is 6.90. The quantitative estimate of drug-likeness (QED) is 0.909. The molecule has 0 aliphatic carbocycles. The van der Waals surface area contributed by atoms with Crippen molar-refractivity contribution in [3.8, 4) is 0 Å². The van der Waals surface area contributed by atoms with Crippen molar-refractivity contribution in [1.82, 2.24) is 9.80 Å². The lowest BCUT2D eigenvalue weighted by atomic mass is 9.71. The molecular weight excluding hydrogens is 253 g/mol. The molecular formula is C16H24FN3. The third-order valence-corrected chi connectivity index (χ3v) is 5.27. The predicted octanol–water partition coefficient (Wildman–Crippen LogP) is 1.68. The molecule has 0 spiro atoms. The maximum absolute atomic E-state index is 13.3. The van der Waals surface area contributed by atoms with E-state index < -0.39 is 0 Å². The van der Waals surface area contributed by atoms with Crippen LogP contribution in [-0.2, 0) is 6.54 Å². The van der Waals surface area contributed by atoms with Crippen LogP contribution in [0.4, 0.5) is 4.39 Å². The molecule has 1 unspecified atom stereocenters. The summed E-state index contributed by atoms with van der Waals surface area (Å²) >= 11 is 0. The van der Waals surface area contributed by atoms with Crippen molar-refractivity contribution in [1.29, 1.82) is 0 Å². The van der Waals surface area contributed by atoms with Crippen molar-refractivity contribution in [2.24, 2.45) is 11.7 Å². The summed E-state index contributed by atoms with van der Waals surface area (Å²) in [4.78, 5) is 4.88. The Morgan fingerprint density at radius 1 is 1.40 bits per heavy atom. The predicted molar refractivity (Wildman–Crippen MR) is 78.8 cm³/mol. The van der Waals surface area contributed by atoms with E-state index in [1.165, 1.54) is 32.0 Å². The van der Waals surface area contributed by atoms with Gasteiger partial charge in [-0.3, -0.25) is 4.90 Å². The molecule has 1 atom stereocenters. The molecule has 3 fully saturated rings. The molecule has 3 nitrogen and oxygen atoms in total. The fourth-order valence-corrected chi connectivity index (χ4v) is 4.03. The summed E-state index contributed by atoms with van der Waals surface area (Å²) in [5.74, 6) is 0.516. The van der Waals surface area contributed by atoms with Crippen LogP contribution >= 0.6 is 0 Å². The van der Waals surface area contributed by atoms with E-state index in [9.17, 15) is 4.39 Å². The van der Waals surface area contributed by atoms with Crippen molar-refractivity contribution >= 4 is 0 Å². The van der Waals surface area contributed by atoms with Gasteiger partial charge in [0.05, 0.1) is 0 Å². The summed E-state index contributed by atoms with van der Waals surface area (Å²) in [5.41, 5.74) is 7.25. The Hall–Kier alpha value is -0.970. The Labute approximate surface area is 120 Å². The van der Waals surface area contributed by atoms with Crippen molar-refractivity contribution in [3.63, 3.8) is 0 Å². The van der Waals surface area contributed by atoms with E-state index in [1.807, 2.05) is 6.07 Å². The number of nitrogens with two attached hydrogens (primary N) is 1. The Morgan fingerprint density at radius 2 is 2.15 bits per heavy atom.